The lowest BCUT2D eigenvalue weighted by Crippen LogP contribution is -2.10. The van der Waals surface area contributed by atoms with Crippen molar-refractivity contribution in [1.29, 1.82) is 0 Å². The Morgan fingerprint density at radius 3 is 2.06 bits per heavy atom. The van der Waals surface area contributed by atoms with Gasteiger partial charge in [0.1, 0.15) is 11.5 Å². The molecule has 0 aliphatic rings. The zero-order chi connectivity index (χ0) is 24.3. The van der Waals surface area contributed by atoms with E-state index in [0.29, 0.717) is 35.1 Å². The van der Waals surface area contributed by atoms with E-state index in [2.05, 4.69) is 18.8 Å². The first-order valence-electron chi connectivity index (χ1n) is 11.3. The molecule has 0 aliphatic heterocycles. The number of nitrogens with zero attached hydrogens (tertiary/aromatic N) is 1. The molecule has 6 nitrogen and oxygen atoms in total. The number of carbonyl (C=O) groups excluding carboxylic acids is 2. The van der Waals surface area contributed by atoms with Crippen molar-refractivity contribution in [3.05, 3.63) is 89.5 Å². The average Bonchev–Trinajstić information content (AvgIpc) is 2.88. The number of rotatable bonds is 10. The highest BCUT2D eigenvalue weighted by molar-refractivity contribution is 5.92. The van der Waals surface area contributed by atoms with Gasteiger partial charge in [-0.3, -0.25) is 4.99 Å². The maximum Gasteiger partial charge on any atom is 0.343 e. The van der Waals surface area contributed by atoms with Crippen molar-refractivity contribution >= 4 is 23.8 Å². The lowest BCUT2D eigenvalue weighted by atomic mass is 10.1. The Bertz CT molecular complexity index is 1100. The van der Waals surface area contributed by atoms with E-state index in [4.69, 9.17) is 14.2 Å². The summed E-state index contributed by atoms with van der Waals surface area (Å²) in [5.74, 6) is 0.778. The number of hydrogen-bond donors (Lipinski definition) is 0. The lowest BCUT2D eigenvalue weighted by molar-refractivity contribution is 0.0484. The third-order valence-corrected chi connectivity index (χ3v) is 5.42. The average molecular weight is 460 g/mol. The molecule has 0 bridgehead atoms. The molecule has 1 unspecified atom stereocenters. The standard InChI is InChI=1S/C28H29NO5/c1-4-20(2)17-18-33-27(30)22-9-15-26(16-10-22)34-28(31)23-7-11-24(12-8-23)29-19-21-5-13-25(32-3)14-6-21/h5-16,19-20H,4,17-18H2,1-3H3. The van der Waals surface area contributed by atoms with E-state index >= 15 is 0 Å². The molecule has 1 atom stereocenters. The van der Waals surface area contributed by atoms with Crippen molar-refractivity contribution in [3.63, 3.8) is 0 Å². The Balaban J connectivity index is 1.52. The molecule has 0 N–H and O–H groups in total. The third-order valence-electron chi connectivity index (χ3n) is 5.42. The molecule has 0 aromatic heterocycles. The van der Waals surface area contributed by atoms with Crippen molar-refractivity contribution in [2.24, 2.45) is 10.9 Å². The monoisotopic (exact) mass is 459 g/mol. The summed E-state index contributed by atoms with van der Waals surface area (Å²) in [4.78, 5) is 29.0. The highest BCUT2D eigenvalue weighted by Gasteiger charge is 2.11. The van der Waals surface area contributed by atoms with E-state index in [-0.39, 0.29) is 5.97 Å². The molecule has 0 saturated carbocycles. The highest BCUT2D eigenvalue weighted by Crippen LogP contribution is 2.18. The third kappa shape index (κ3) is 7.30. The van der Waals surface area contributed by atoms with Gasteiger partial charge >= 0.3 is 11.9 Å². The number of aliphatic imine (C=N–C) groups is 1. The SMILES string of the molecule is CCC(C)CCOC(=O)c1ccc(OC(=O)c2ccc(N=Cc3ccc(OC)cc3)cc2)cc1. The molecule has 3 aromatic rings. The predicted molar refractivity (Wildman–Crippen MR) is 132 cm³/mol. The Morgan fingerprint density at radius 2 is 1.44 bits per heavy atom. The number of carbonyl (C=O) groups is 2. The van der Waals surface area contributed by atoms with E-state index in [0.717, 1.165) is 24.2 Å². The molecule has 0 amide bonds. The molecule has 0 radical (unpaired) electrons. The van der Waals surface area contributed by atoms with Gasteiger partial charge in [0.2, 0.25) is 0 Å². The minimum atomic E-state index is -0.491. The van der Waals surface area contributed by atoms with Gasteiger partial charge in [-0.15, -0.1) is 0 Å². The van der Waals surface area contributed by atoms with Crippen LogP contribution in [0, 0.1) is 5.92 Å². The summed E-state index contributed by atoms with van der Waals surface area (Å²) in [5.41, 5.74) is 2.47. The Morgan fingerprint density at radius 1 is 0.853 bits per heavy atom. The maximum absolute atomic E-state index is 12.5. The molecule has 6 heteroatoms. The zero-order valence-corrected chi connectivity index (χ0v) is 19.7. The van der Waals surface area contributed by atoms with Crippen LogP contribution in [0.15, 0.2) is 77.8 Å². The van der Waals surface area contributed by atoms with Gasteiger partial charge in [-0.2, -0.15) is 0 Å². The molecule has 3 aromatic carbocycles. The fourth-order valence-corrected chi connectivity index (χ4v) is 2.99. The van der Waals surface area contributed by atoms with Gasteiger partial charge in [0.25, 0.3) is 0 Å². The minimum Gasteiger partial charge on any atom is -0.497 e. The number of esters is 2. The summed E-state index contributed by atoms with van der Waals surface area (Å²) < 4.78 is 15.9. The second-order valence-corrected chi connectivity index (χ2v) is 7.93. The highest BCUT2D eigenvalue weighted by atomic mass is 16.5. The molecule has 0 fully saturated rings. The first-order chi connectivity index (χ1) is 16.5. The minimum absolute atomic E-state index is 0.350. The quantitative estimate of drug-likeness (QED) is 0.203. The van der Waals surface area contributed by atoms with Gasteiger partial charge in [0, 0.05) is 6.21 Å². The van der Waals surface area contributed by atoms with Gasteiger partial charge in [-0.1, -0.05) is 20.3 Å². The van der Waals surface area contributed by atoms with Crippen LogP contribution in [0.2, 0.25) is 0 Å². The van der Waals surface area contributed by atoms with E-state index in [1.807, 2.05) is 24.3 Å². The zero-order valence-electron chi connectivity index (χ0n) is 19.7. The lowest BCUT2D eigenvalue weighted by Gasteiger charge is -2.09. The Hall–Kier alpha value is -3.93. The molecule has 34 heavy (non-hydrogen) atoms. The number of methoxy groups -OCH3 is 1. The summed E-state index contributed by atoms with van der Waals surface area (Å²) >= 11 is 0. The smallest absolute Gasteiger partial charge is 0.343 e. The van der Waals surface area contributed by atoms with Crippen LogP contribution < -0.4 is 9.47 Å². The van der Waals surface area contributed by atoms with Gasteiger partial charge in [0.15, 0.2) is 0 Å². The van der Waals surface area contributed by atoms with Crippen LogP contribution in [-0.4, -0.2) is 31.9 Å². The van der Waals surface area contributed by atoms with Crippen LogP contribution in [0.4, 0.5) is 5.69 Å². The molecule has 0 saturated heterocycles. The van der Waals surface area contributed by atoms with E-state index in [1.165, 1.54) is 0 Å². The van der Waals surface area contributed by atoms with Crippen molar-refractivity contribution in [3.8, 4) is 11.5 Å². The molecule has 3 rings (SSSR count). The van der Waals surface area contributed by atoms with Crippen molar-refractivity contribution in [1.82, 2.24) is 0 Å². The largest absolute Gasteiger partial charge is 0.497 e. The van der Waals surface area contributed by atoms with Crippen molar-refractivity contribution < 1.29 is 23.8 Å². The van der Waals surface area contributed by atoms with Crippen LogP contribution in [0.1, 0.15) is 53.0 Å². The van der Waals surface area contributed by atoms with Crippen LogP contribution in [0.3, 0.4) is 0 Å². The topological polar surface area (TPSA) is 74.2 Å². The molecule has 176 valence electrons. The predicted octanol–water partition coefficient (Wildman–Crippen LogP) is 6.26. The fourth-order valence-electron chi connectivity index (χ4n) is 2.99. The second kappa shape index (κ2) is 12.3. The summed E-state index contributed by atoms with van der Waals surface area (Å²) in [6.45, 7) is 4.63. The van der Waals surface area contributed by atoms with Crippen LogP contribution in [-0.2, 0) is 4.74 Å². The van der Waals surface area contributed by atoms with E-state index < -0.39 is 5.97 Å². The Labute approximate surface area is 200 Å². The fraction of sp³-hybridized carbons (Fsp3) is 0.250. The number of ether oxygens (including phenoxy) is 3. The molecule has 0 heterocycles. The first kappa shape index (κ1) is 24.7. The van der Waals surface area contributed by atoms with Gasteiger partial charge in [-0.05, 0) is 90.7 Å². The molecular weight excluding hydrogens is 430 g/mol. The normalized spacial score (nSPS) is 11.7. The van der Waals surface area contributed by atoms with Gasteiger partial charge in [-0.25, -0.2) is 9.59 Å². The summed E-state index contributed by atoms with van der Waals surface area (Å²) in [7, 11) is 1.62. The maximum atomic E-state index is 12.5. The first-order valence-corrected chi connectivity index (χ1v) is 11.3. The van der Waals surface area contributed by atoms with Crippen LogP contribution in [0.25, 0.3) is 0 Å². The van der Waals surface area contributed by atoms with Gasteiger partial charge < -0.3 is 14.2 Å². The number of benzene rings is 3. The van der Waals surface area contributed by atoms with E-state index in [1.54, 1.807) is 61.9 Å². The summed E-state index contributed by atoms with van der Waals surface area (Å²) in [6.07, 6.45) is 3.63. The summed E-state index contributed by atoms with van der Waals surface area (Å²) in [5, 5.41) is 0. The number of hydrogen-bond acceptors (Lipinski definition) is 6. The van der Waals surface area contributed by atoms with E-state index in [9.17, 15) is 9.59 Å². The van der Waals surface area contributed by atoms with Crippen molar-refractivity contribution in [2.45, 2.75) is 26.7 Å². The molecular formula is C28H29NO5. The summed E-state index contributed by atoms with van der Waals surface area (Å²) in [6, 6.07) is 20.7. The van der Waals surface area contributed by atoms with Crippen LogP contribution in [0.5, 0.6) is 11.5 Å². The van der Waals surface area contributed by atoms with Crippen LogP contribution >= 0.6 is 0 Å². The Kier molecular flexibility index (Phi) is 8.97. The van der Waals surface area contributed by atoms with Gasteiger partial charge in [0.05, 0.1) is 30.5 Å². The molecule has 0 spiro atoms. The molecule has 0 aliphatic carbocycles. The second-order valence-electron chi connectivity index (χ2n) is 7.93. The van der Waals surface area contributed by atoms with Crippen molar-refractivity contribution in [2.75, 3.05) is 13.7 Å².